The third-order valence-corrected chi connectivity index (χ3v) is 3.88. The molecule has 0 spiro atoms. The minimum absolute atomic E-state index is 0.324. The fourth-order valence-electron chi connectivity index (χ4n) is 2.40. The number of nitrogens with zero attached hydrogens (tertiary/aromatic N) is 5. The van der Waals surface area contributed by atoms with E-state index in [9.17, 15) is 0 Å². The highest BCUT2D eigenvalue weighted by molar-refractivity contribution is 9.10. The predicted molar refractivity (Wildman–Crippen MR) is 91.4 cm³/mol. The molecule has 0 unspecified atom stereocenters. The topological polar surface area (TPSA) is 81.1 Å². The molecule has 0 radical (unpaired) electrons. The summed E-state index contributed by atoms with van der Waals surface area (Å²) in [6.07, 6.45) is 1.54. The van der Waals surface area contributed by atoms with Crippen LogP contribution in [0.15, 0.2) is 50.6 Å². The molecular weight excluding hydrogens is 360 g/mol. The molecule has 114 valence electrons. The van der Waals surface area contributed by atoms with Crippen molar-refractivity contribution in [3.05, 3.63) is 46.8 Å². The number of halogens is 1. The van der Waals surface area contributed by atoms with E-state index in [1.54, 1.807) is 18.3 Å². The lowest BCUT2D eigenvalue weighted by atomic mass is 10.2. The van der Waals surface area contributed by atoms with Gasteiger partial charge in [-0.05, 0) is 34.1 Å². The van der Waals surface area contributed by atoms with E-state index >= 15 is 0 Å². The lowest BCUT2D eigenvalue weighted by Crippen LogP contribution is -2.00. The maximum Gasteiger partial charge on any atom is 0.265 e. The maximum atomic E-state index is 5.32. The average molecular weight is 371 g/mol. The molecule has 0 fully saturated rings. The highest BCUT2D eigenvalue weighted by atomic mass is 79.9. The fraction of sp³-hybridized carbons (Fsp3) is 0.0667. The summed E-state index contributed by atoms with van der Waals surface area (Å²) in [7, 11) is 1.95. The summed E-state index contributed by atoms with van der Waals surface area (Å²) in [6, 6.07) is 11.6. The number of rotatable bonds is 3. The standard InChI is InChI=1S/C15H11BrN6O/c1-22-11-5-3-2-4-10(11)13-14(22)18-15(21-19-13)20-17-8-9-6-7-12(16)23-9/h2-8H,1H3,(H,18,20,21). The van der Waals surface area contributed by atoms with Crippen LogP contribution in [0.5, 0.6) is 0 Å². The van der Waals surface area contributed by atoms with E-state index in [2.05, 4.69) is 41.6 Å². The Morgan fingerprint density at radius 2 is 2.09 bits per heavy atom. The minimum atomic E-state index is 0.324. The van der Waals surface area contributed by atoms with Crippen LogP contribution in [-0.4, -0.2) is 26.0 Å². The number of aromatic nitrogens is 4. The third-order valence-electron chi connectivity index (χ3n) is 3.46. The van der Waals surface area contributed by atoms with Gasteiger partial charge in [0.1, 0.15) is 11.3 Å². The predicted octanol–water partition coefficient (Wildman–Crippen LogP) is 3.32. The van der Waals surface area contributed by atoms with Crippen LogP contribution >= 0.6 is 15.9 Å². The molecule has 0 amide bonds. The quantitative estimate of drug-likeness (QED) is 0.441. The molecular formula is C15H11BrN6O. The number of hydrogen-bond acceptors (Lipinski definition) is 6. The molecule has 1 aromatic carbocycles. The zero-order valence-corrected chi connectivity index (χ0v) is 13.6. The number of benzene rings is 1. The molecule has 3 aromatic heterocycles. The number of para-hydroxylation sites is 1. The summed E-state index contributed by atoms with van der Waals surface area (Å²) < 4.78 is 7.95. The smallest absolute Gasteiger partial charge is 0.265 e. The molecule has 0 saturated carbocycles. The molecule has 4 rings (SSSR count). The van der Waals surface area contributed by atoms with Gasteiger partial charge in [0.2, 0.25) is 0 Å². The largest absolute Gasteiger partial charge is 0.448 e. The Hall–Kier alpha value is -2.74. The summed E-state index contributed by atoms with van der Waals surface area (Å²) in [5.41, 5.74) is 5.34. The molecule has 4 aromatic rings. The van der Waals surface area contributed by atoms with E-state index in [4.69, 9.17) is 4.42 Å². The van der Waals surface area contributed by atoms with E-state index in [-0.39, 0.29) is 0 Å². The Labute approximate surface area is 139 Å². The first-order valence-corrected chi connectivity index (χ1v) is 7.64. The van der Waals surface area contributed by atoms with Crippen LogP contribution in [0.3, 0.4) is 0 Å². The highest BCUT2D eigenvalue weighted by Gasteiger charge is 2.11. The van der Waals surface area contributed by atoms with Gasteiger partial charge in [0.15, 0.2) is 10.3 Å². The average Bonchev–Trinajstić information content (AvgIpc) is 3.10. The van der Waals surface area contributed by atoms with E-state index < -0.39 is 0 Å². The van der Waals surface area contributed by atoms with Gasteiger partial charge in [0.05, 0.1) is 11.7 Å². The van der Waals surface area contributed by atoms with E-state index in [1.807, 2.05) is 35.9 Å². The maximum absolute atomic E-state index is 5.32. The van der Waals surface area contributed by atoms with Crippen LogP contribution in [0.1, 0.15) is 5.76 Å². The van der Waals surface area contributed by atoms with Crippen LogP contribution in [-0.2, 0) is 7.05 Å². The number of fused-ring (bicyclic) bond motifs is 3. The Bertz CT molecular complexity index is 1030. The van der Waals surface area contributed by atoms with Crippen molar-refractivity contribution >= 4 is 50.2 Å². The number of hydrazone groups is 1. The van der Waals surface area contributed by atoms with Crippen LogP contribution in [0.4, 0.5) is 5.95 Å². The second-order valence-electron chi connectivity index (χ2n) is 4.90. The van der Waals surface area contributed by atoms with Gasteiger partial charge in [-0.25, -0.2) is 5.43 Å². The number of furan rings is 1. The van der Waals surface area contributed by atoms with Gasteiger partial charge in [-0.3, -0.25) is 0 Å². The molecule has 7 nitrogen and oxygen atoms in total. The monoisotopic (exact) mass is 370 g/mol. The van der Waals surface area contributed by atoms with Gasteiger partial charge >= 0.3 is 0 Å². The fourth-order valence-corrected chi connectivity index (χ4v) is 2.72. The second kappa shape index (κ2) is 5.47. The molecule has 0 atom stereocenters. The Morgan fingerprint density at radius 3 is 2.91 bits per heavy atom. The Morgan fingerprint density at radius 1 is 1.22 bits per heavy atom. The number of nitrogens with one attached hydrogen (secondary N) is 1. The molecule has 1 N–H and O–H groups in total. The second-order valence-corrected chi connectivity index (χ2v) is 5.68. The summed E-state index contributed by atoms with van der Waals surface area (Å²) in [6.45, 7) is 0. The summed E-state index contributed by atoms with van der Waals surface area (Å²) in [4.78, 5) is 4.47. The normalized spacial score (nSPS) is 11.7. The number of hydrogen-bond donors (Lipinski definition) is 1. The van der Waals surface area contributed by atoms with Crippen molar-refractivity contribution < 1.29 is 4.42 Å². The minimum Gasteiger partial charge on any atom is -0.448 e. The van der Waals surface area contributed by atoms with E-state index in [0.717, 1.165) is 22.1 Å². The zero-order valence-electron chi connectivity index (χ0n) is 12.1. The molecule has 0 bridgehead atoms. The molecule has 3 heterocycles. The Balaban J connectivity index is 1.67. The SMILES string of the molecule is Cn1c2ccccc2c2nnc(NN=Cc3ccc(Br)o3)nc21. The molecule has 0 aliphatic rings. The van der Waals surface area contributed by atoms with E-state index in [1.165, 1.54) is 0 Å². The first-order valence-electron chi connectivity index (χ1n) is 6.84. The van der Waals surface area contributed by atoms with Crippen molar-refractivity contribution in [3.8, 4) is 0 Å². The number of anilines is 1. The summed E-state index contributed by atoms with van der Waals surface area (Å²) in [5, 5.41) is 13.4. The zero-order chi connectivity index (χ0) is 15.8. The van der Waals surface area contributed by atoms with Gasteiger partial charge < -0.3 is 8.98 Å². The van der Waals surface area contributed by atoms with E-state index in [0.29, 0.717) is 16.4 Å². The van der Waals surface area contributed by atoms with Gasteiger partial charge in [-0.1, -0.05) is 18.2 Å². The Kier molecular flexibility index (Phi) is 3.30. The van der Waals surface area contributed by atoms with Crippen molar-refractivity contribution in [3.63, 3.8) is 0 Å². The van der Waals surface area contributed by atoms with Crippen molar-refractivity contribution in [2.45, 2.75) is 0 Å². The van der Waals surface area contributed by atoms with Crippen LogP contribution in [0.2, 0.25) is 0 Å². The van der Waals surface area contributed by atoms with Gasteiger partial charge in [0.25, 0.3) is 5.95 Å². The van der Waals surface area contributed by atoms with Crippen LogP contribution < -0.4 is 5.43 Å². The number of aryl methyl sites for hydroxylation is 1. The molecule has 0 saturated heterocycles. The third kappa shape index (κ3) is 2.46. The lowest BCUT2D eigenvalue weighted by Gasteiger charge is -1.99. The molecule has 0 aliphatic carbocycles. The van der Waals surface area contributed by atoms with Crippen molar-refractivity contribution in [1.29, 1.82) is 0 Å². The lowest BCUT2D eigenvalue weighted by molar-refractivity contribution is 0.534. The van der Waals surface area contributed by atoms with Crippen molar-refractivity contribution in [2.24, 2.45) is 12.1 Å². The first kappa shape index (κ1) is 13.9. The first-order chi connectivity index (χ1) is 11.2. The summed E-state index contributed by atoms with van der Waals surface area (Å²) in [5.74, 6) is 0.938. The van der Waals surface area contributed by atoms with Crippen molar-refractivity contribution in [2.75, 3.05) is 5.43 Å². The van der Waals surface area contributed by atoms with Gasteiger partial charge in [0, 0.05) is 12.4 Å². The van der Waals surface area contributed by atoms with Crippen LogP contribution in [0, 0.1) is 0 Å². The van der Waals surface area contributed by atoms with Crippen LogP contribution in [0.25, 0.3) is 22.1 Å². The van der Waals surface area contributed by atoms with Crippen molar-refractivity contribution in [1.82, 2.24) is 19.7 Å². The molecule has 23 heavy (non-hydrogen) atoms. The van der Waals surface area contributed by atoms with Gasteiger partial charge in [-0.2, -0.15) is 10.1 Å². The summed E-state index contributed by atoms with van der Waals surface area (Å²) >= 11 is 3.23. The highest BCUT2D eigenvalue weighted by Crippen LogP contribution is 2.24. The van der Waals surface area contributed by atoms with Gasteiger partial charge in [-0.15, -0.1) is 10.2 Å². The molecule has 8 heteroatoms. The molecule has 0 aliphatic heterocycles.